The first kappa shape index (κ1) is 18.4. The smallest absolute Gasteiger partial charge is 0.328 e. The largest absolute Gasteiger partial charge is 0.337 e. The summed E-state index contributed by atoms with van der Waals surface area (Å²) in [6, 6.07) is 16.9. The second-order valence-electron chi connectivity index (χ2n) is 8.19. The average Bonchev–Trinajstić information content (AvgIpc) is 3.58. The highest BCUT2D eigenvalue weighted by molar-refractivity contribution is 7.13. The molecular formula is C25H22N4OS. The molecule has 0 aliphatic heterocycles. The number of H-pyrrole nitrogens is 1. The number of aryl methyl sites for hydroxylation is 3. The summed E-state index contributed by atoms with van der Waals surface area (Å²) in [5.41, 5.74) is 8.93. The van der Waals surface area contributed by atoms with E-state index in [4.69, 9.17) is 4.98 Å². The number of nitrogens with zero attached hydrogens (tertiary/aromatic N) is 3. The van der Waals surface area contributed by atoms with Crippen molar-refractivity contribution in [2.75, 3.05) is 0 Å². The van der Waals surface area contributed by atoms with Gasteiger partial charge in [-0.05, 0) is 54.0 Å². The number of nitrogens with one attached hydrogen (secondary N) is 1. The molecule has 5 aromatic rings. The van der Waals surface area contributed by atoms with Crippen LogP contribution in [-0.2, 0) is 26.9 Å². The summed E-state index contributed by atoms with van der Waals surface area (Å²) in [7, 11) is 3.63. The second kappa shape index (κ2) is 6.82. The first-order valence-electron chi connectivity index (χ1n) is 10.5. The predicted molar refractivity (Wildman–Crippen MR) is 127 cm³/mol. The van der Waals surface area contributed by atoms with Gasteiger partial charge >= 0.3 is 5.69 Å². The number of hydrogen-bond donors (Lipinski definition) is 1. The van der Waals surface area contributed by atoms with Crippen molar-refractivity contribution >= 4 is 22.4 Å². The van der Waals surface area contributed by atoms with E-state index in [9.17, 15) is 4.79 Å². The highest BCUT2D eigenvalue weighted by Crippen LogP contribution is 2.39. The van der Waals surface area contributed by atoms with Gasteiger partial charge in [-0.25, -0.2) is 9.78 Å². The number of fused-ring (bicyclic) bond motifs is 2. The van der Waals surface area contributed by atoms with Crippen molar-refractivity contribution in [2.45, 2.75) is 19.3 Å². The maximum Gasteiger partial charge on any atom is 0.328 e. The van der Waals surface area contributed by atoms with Crippen molar-refractivity contribution in [1.29, 1.82) is 0 Å². The summed E-state index contributed by atoms with van der Waals surface area (Å²) in [5, 5.41) is 2.07. The van der Waals surface area contributed by atoms with Crippen molar-refractivity contribution < 1.29 is 0 Å². The van der Waals surface area contributed by atoms with Crippen LogP contribution in [0.4, 0.5) is 0 Å². The van der Waals surface area contributed by atoms with E-state index in [1.165, 1.54) is 23.1 Å². The molecule has 0 saturated carbocycles. The van der Waals surface area contributed by atoms with Crippen molar-refractivity contribution in [2.24, 2.45) is 14.1 Å². The summed E-state index contributed by atoms with van der Waals surface area (Å²) in [6.45, 7) is 0. The molecule has 0 radical (unpaired) electrons. The number of imidazole rings is 2. The van der Waals surface area contributed by atoms with Gasteiger partial charge < -0.3 is 4.98 Å². The van der Waals surface area contributed by atoms with Gasteiger partial charge in [-0.15, -0.1) is 11.3 Å². The van der Waals surface area contributed by atoms with Gasteiger partial charge in [0.2, 0.25) is 0 Å². The van der Waals surface area contributed by atoms with Crippen LogP contribution in [-0.4, -0.2) is 19.1 Å². The van der Waals surface area contributed by atoms with Crippen LogP contribution < -0.4 is 5.69 Å². The molecule has 0 bridgehead atoms. The summed E-state index contributed by atoms with van der Waals surface area (Å²) >= 11 is 1.68. The standard InChI is InChI=1S/C25H22N4OS/c1-28-19-12-11-16(14-20(19)29(2)25(28)30)22-23(27-24(26-22)21-10-5-13-31-21)18-9-4-7-15-6-3-8-17(15)18/h4-5,7,9-14H,3,6,8H2,1-2H3,(H,26,27). The number of thiophene rings is 1. The average molecular weight is 427 g/mol. The van der Waals surface area contributed by atoms with E-state index in [1.54, 1.807) is 20.5 Å². The molecule has 6 rings (SSSR count). The molecule has 1 N–H and O–H groups in total. The van der Waals surface area contributed by atoms with Gasteiger partial charge in [-0.1, -0.05) is 30.3 Å². The molecule has 5 nitrogen and oxygen atoms in total. The molecule has 31 heavy (non-hydrogen) atoms. The molecule has 1 aliphatic rings. The maximum atomic E-state index is 12.4. The zero-order chi connectivity index (χ0) is 21.1. The van der Waals surface area contributed by atoms with E-state index in [0.717, 1.165) is 51.5 Å². The molecule has 1 aliphatic carbocycles. The SMILES string of the molecule is Cn1c(=O)n(C)c2cc(-c3nc(-c4cccs4)[nH]c3-c3cccc4c3CCC4)ccc21. The van der Waals surface area contributed by atoms with Gasteiger partial charge in [-0.3, -0.25) is 9.13 Å². The lowest BCUT2D eigenvalue weighted by Gasteiger charge is -2.09. The fourth-order valence-electron chi connectivity index (χ4n) is 4.82. The normalized spacial score (nSPS) is 13.2. The minimum absolute atomic E-state index is 0.0189. The number of hydrogen-bond acceptors (Lipinski definition) is 3. The fourth-order valence-corrected chi connectivity index (χ4v) is 5.48. The third-order valence-electron chi connectivity index (χ3n) is 6.42. The minimum Gasteiger partial charge on any atom is -0.337 e. The van der Waals surface area contributed by atoms with Gasteiger partial charge in [0.15, 0.2) is 0 Å². The maximum absolute atomic E-state index is 12.4. The van der Waals surface area contributed by atoms with E-state index in [1.807, 2.05) is 26.2 Å². The van der Waals surface area contributed by atoms with Crippen LogP contribution in [0.25, 0.3) is 44.2 Å². The molecule has 3 aromatic heterocycles. The van der Waals surface area contributed by atoms with Crippen LogP contribution in [0.15, 0.2) is 58.7 Å². The molecule has 154 valence electrons. The van der Waals surface area contributed by atoms with Crippen LogP contribution in [0.5, 0.6) is 0 Å². The topological polar surface area (TPSA) is 55.6 Å². The molecule has 0 unspecified atom stereocenters. The molecule has 0 amide bonds. The highest BCUT2D eigenvalue weighted by atomic mass is 32.1. The lowest BCUT2D eigenvalue weighted by atomic mass is 9.97. The Labute approximate surface area is 183 Å². The van der Waals surface area contributed by atoms with Crippen LogP contribution in [0.1, 0.15) is 17.5 Å². The molecule has 2 aromatic carbocycles. The van der Waals surface area contributed by atoms with E-state index in [2.05, 4.69) is 46.8 Å². The zero-order valence-electron chi connectivity index (χ0n) is 17.5. The predicted octanol–water partition coefficient (Wildman–Crippen LogP) is 5.15. The first-order valence-corrected chi connectivity index (χ1v) is 11.4. The molecule has 3 heterocycles. The third kappa shape index (κ3) is 2.75. The minimum atomic E-state index is -0.0189. The lowest BCUT2D eigenvalue weighted by molar-refractivity contribution is 0.795. The van der Waals surface area contributed by atoms with Crippen LogP contribution in [0.3, 0.4) is 0 Å². The fraction of sp³-hybridized carbons (Fsp3) is 0.200. The molecule has 0 atom stereocenters. The summed E-state index contributed by atoms with van der Waals surface area (Å²) < 4.78 is 3.39. The molecule has 0 spiro atoms. The van der Waals surface area contributed by atoms with Gasteiger partial charge in [0, 0.05) is 25.2 Å². The summed E-state index contributed by atoms with van der Waals surface area (Å²) in [5.74, 6) is 0.887. The van der Waals surface area contributed by atoms with E-state index in [-0.39, 0.29) is 5.69 Å². The van der Waals surface area contributed by atoms with Crippen molar-refractivity contribution in [1.82, 2.24) is 19.1 Å². The van der Waals surface area contributed by atoms with Gasteiger partial charge in [0.1, 0.15) is 5.82 Å². The van der Waals surface area contributed by atoms with Crippen molar-refractivity contribution in [3.05, 3.63) is 75.5 Å². The first-order chi connectivity index (χ1) is 15.1. The third-order valence-corrected chi connectivity index (χ3v) is 7.30. The van der Waals surface area contributed by atoms with Gasteiger partial charge in [0.25, 0.3) is 0 Å². The molecule has 0 fully saturated rings. The van der Waals surface area contributed by atoms with Crippen molar-refractivity contribution in [3.63, 3.8) is 0 Å². The molecule has 6 heteroatoms. The van der Waals surface area contributed by atoms with Crippen LogP contribution in [0, 0.1) is 0 Å². The van der Waals surface area contributed by atoms with Gasteiger partial charge in [0.05, 0.1) is 27.3 Å². The quantitative estimate of drug-likeness (QED) is 0.434. The zero-order valence-corrected chi connectivity index (χ0v) is 18.3. The Morgan fingerprint density at radius 3 is 2.71 bits per heavy atom. The van der Waals surface area contributed by atoms with E-state index < -0.39 is 0 Å². The Hall–Kier alpha value is -3.38. The number of aromatic amines is 1. The summed E-state index contributed by atoms with van der Waals surface area (Å²) in [4.78, 5) is 22.2. The van der Waals surface area contributed by atoms with Crippen LogP contribution in [0.2, 0.25) is 0 Å². The molecular weight excluding hydrogens is 404 g/mol. The Kier molecular flexibility index (Phi) is 4.05. The number of aromatic nitrogens is 4. The van der Waals surface area contributed by atoms with Crippen molar-refractivity contribution in [3.8, 4) is 33.2 Å². The van der Waals surface area contributed by atoms with Crippen LogP contribution >= 0.6 is 11.3 Å². The molecule has 0 saturated heterocycles. The Balaban J connectivity index is 1.61. The van der Waals surface area contributed by atoms with E-state index in [0.29, 0.717) is 0 Å². The Bertz CT molecular complexity index is 1500. The monoisotopic (exact) mass is 426 g/mol. The lowest BCUT2D eigenvalue weighted by Crippen LogP contribution is -2.19. The Morgan fingerprint density at radius 2 is 1.87 bits per heavy atom. The number of rotatable bonds is 3. The number of benzene rings is 2. The highest BCUT2D eigenvalue weighted by Gasteiger charge is 2.22. The summed E-state index contributed by atoms with van der Waals surface area (Å²) in [6.07, 6.45) is 3.44. The van der Waals surface area contributed by atoms with E-state index >= 15 is 0 Å². The van der Waals surface area contributed by atoms with Gasteiger partial charge in [-0.2, -0.15) is 0 Å². The second-order valence-corrected chi connectivity index (χ2v) is 9.13. The Morgan fingerprint density at radius 1 is 1.00 bits per heavy atom.